The van der Waals surface area contributed by atoms with Crippen molar-refractivity contribution < 1.29 is 13.9 Å². The highest BCUT2D eigenvalue weighted by Crippen LogP contribution is 2.27. The molecule has 2 aromatic heterocycles. The minimum atomic E-state index is -0.390. The van der Waals surface area contributed by atoms with Gasteiger partial charge in [0.15, 0.2) is 0 Å². The molecule has 0 radical (unpaired) electrons. The fourth-order valence-corrected chi connectivity index (χ4v) is 2.63. The molecule has 2 heterocycles. The number of nitrogens with zero attached hydrogens (tertiary/aromatic N) is 3. The summed E-state index contributed by atoms with van der Waals surface area (Å²) in [7, 11) is 1.54. The predicted molar refractivity (Wildman–Crippen MR) is 99.6 cm³/mol. The van der Waals surface area contributed by atoms with Crippen molar-refractivity contribution in [3.05, 3.63) is 65.5 Å². The first-order valence-corrected chi connectivity index (χ1v) is 8.34. The number of ether oxygens (including phenoxy) is 1. The Morgan fingerprint density at radius 3 is 2.67 bits per heavy atom. The van der Waals surface area contributed by atoms with Crippen LogP contribution in [0.4, 0.5) is 14.9 Å². The molecule has 3 rings (SSSR count). The molecular formula is C19H20FN5O2. The molecule has 0 saturated carbocycles. The van der Waals surface area contributed by atoms with Crippen molar-refractivity contribution in [2.24, 2.45) is 0 Å². The summed E-state index contributed by atoms with van der Waals surface area (Å²) in [6.45, 7) is 3.90. The van der Waals surface area contributed by atoms with E-state index in [1.54, 1.807) is 49.2 Å². The Bertz CT molecular complexity index is 953. The Kier molecular flexibility index (Phi) is 5.35. The van der Waals surface area contributed by atoms with Gasteiger partial charge in [-0.05, 0) is 44.2 Å². The third kappa shape index (κ3) is 4.41. The van der Waals surface area contributed by atoms with E-state index in [0.29, 0.717) is 22.8 Å². The summed E-state index contributed by atoms with van der Waals surface area (Å²) in [6.07, 6.45) is 1.75. The van der Waals surface area contributed by atoms with Gasteiger partial charge in [-0.2, -0.15) is 5.10 Å². The third-order valence-corrected chi connectivity index (χ3v) is 3.92. The highest BCUT2D eigenvalue weighted by molar-refractivity contribution is 5.91. The van der Waals surface area contributed by atoms with Crippen LogP contribution in [0.1, 0.15) is 17.1 Å². The molecule has 140 valence electrons. The van der Waals surface area contributed by atoms with Crippen LogP contribution < -0.4 is 15.4 Å². The molecule has 1 aromatic carbocycles. The molecule has 0 aliphatic rings. The number of nitrogens with one attached hydrogen (secondary N) is 2. The summed E-state index contributed by atoms with van der Waals surface area (Å²) in [4.78, 5) is 16.6. The zero-order valence-electron chi connectivity index (χ0n) is 15.3. The largest absolute Gasteiger partial charge is 0.494 e. The van der Waals surface area contributed by atoms with Crippen LogP contribution in [0.15, 0.2) is 42.6 Å². The molecular weight excluding hydrogens is 349 g/mol. The average Bonchev–Trinajstić information content (AvgIpc) is 3.11. The average molecular weight is 369 g/mol. The second-order valence-corrected chi connectivity index (χ2v) is 5.96. The maximum atomic E-state index is 13.0. The lowest BCUT2D eigenvalue weighted by atomic mass is 10.2. The van der Waals surface area contributed by atoms with Gasteiger partial charge in [0.25, 0.3) is 0 Å². The second kappa shape index (κ2) is 7.86. The summed E-state index contributed by atoms with van der Waals surface area (Å²) in [6, 6.07) is 9.15. The number of methoxy groups -OCH3 is 1. The zero-order chi connectivity index (χ0) is 19.4. The van der Waals surface area contributed by atoms with Crippen LogP contribution in [-0.4, -0.2) is 27.9 Å². The molecule has 8 heteroatoms. The van der Waals surface area contributed by atoms with Crippen molar-refractivity contribution in [2.75, 3.05) is 12.4 Å². The maximum Gasteiger partial charge on any atom is 0.319 e. The summed E-state index contributed by atoms with van der Waals surface area (Å²) >= 11 is 0. The number of pyridine rings is 1. The lowest BCUT2D eigenvalue weighted by Crippen LogP contribution is -2.29. The summed E-state index contributed by atoms with van der Waals surface area (Å²) < 4.78 is 19.9. The maximum absolute atomic E-state index is 13.0. The van der Waals surface area contributed by atoms with Crippen molar-refractivity contribution in [1.82, 2.24) is 20.1 Å². The van der Waals surface area contributed by atoms with E-state index >= 15 is 0 Å². The van der Waals surface area contributed by atoms with Gasteiger partial charge < -0.3 is 15.4 Å². The Morgan fingerprint density at radius 1 is 1.22 bits per heavy atom. The van der Waals surface area contributed by atoms with Crippen LogP contribution in [0, 0.1) is 19.7 Å². The number of benzene rings is 1. The smallest absolute Gasteiger partial charge is 0.319 e. The number of amides is 2. The molecule has 0 unspecified atom stereocenters. The third-order valence-electron chi connectivity index (χ3n) is 3.92. The second-order valence-electron chi connectivity index (χ2n) is 5.96. The number of aryl methyl sites for hydroxylation is 2. The first kappa shape index (κ1) is 18.4. The molecule has 2 N–H and O–H groups in total. The summed E-state index contributed by atoms with van der Waals surface area (Å²) in [5.41, 5.74) is 3.40. The van der Waals surface area contributed by atoms with E-state index in [1.807, 2.05) is 6.92 Å². The van der Waals surface area contributed by atoms with Crippen molar-refractivity contribution in [3.63, 3.8) is 0 Å². The van der Waals surface area contributed by atoms with Crippen molar-refractivity contribution in [1.29, 1.82) is 0 Å². The summed E-state index contributed by atoms with van der Waals surface area (Å²) in [5.74, 6) is 0.247. The van der Waals surface area contributed by atoms with Gasteiger partial charge in [0.1, 0.15) is 17.3 Å². The molecule has 0 aliphatic carbocycles. The molecule has 0 atom stereocenters. The lowest BCUT2D eigenvalue weighted by molar-refractivity contribution is 0.251. The number of hydrogen-bond acceptors (Lipinski definition) is 4. The minimum Gasteiger partial charge on any atom is -0.494 e. The van der Waals surface area contributed by atoms with Crippen LogP contribution in [0.3, 0.4) is 0 Å². The fourth-order valence-electron chi connectivity index (χ4n) is 2.63. The van der Waals surface area contributed by atoms with Crippen LogP contribution in [0.5, 0.6) is 5.75 Å². The predicted octanol–water partition coefficient (Wildman–Crippen LogP) is 3.35. The monoisotopic (exact) mass is 369 g/mol. The van der Waals surface area contributed by atoms with Gasteiger partial charge in [-0.15, -0.1) is 0 Å². The Morgan fingerprint density at radius 2 is 1.96 bits per heavy atom. The quantitative estimate of drug-likeness (QED) is 0.723. The van der Waals surface area contributed by atoms with E-state index in [2.05, 4.69) is 20.7 Å². The molecule has 2 amide bonds. The van der Waals surface area contributed by atoms with Gasteiger partial charge in [0.2, 0.25) is 0 Å². The van der Waals surface area contributed by atoms with Gasteiger partial charge in [-0.25, -0.2) is 13.9 Å². The SMILES string of the molecule is COc1cc(C)nc(C)c1NC(=O)NCc1ccn(-c2ccc(F)cc2)n1. The van der Waals surface area contributed by atoms with Crippen molar-refractivity contribution in [2.45, 2.75) is 20.4 Å². The Balaban J connectivity index is 1.63. The number of halogens is 1. The van der Waals surface area contributed by atoms with Crippen LogP contribution >= 0.6 is 0 Å². The number of rotatable bonds is 5. The Labute approximate surface area is 156 Å². The number of anilines is 1. The lowest BCUT2D eigenvalue weighted by Gasteiger charge is -2.13. The van der Waals surface area contributed by atoms with E-state index in [9.17, 15) is 9.18 Å². The number of hydrogen-bond donors (Lipinski definition) is 2. The molecule has 3 aromatic rings. The van der Waals surface area contributed by atoms with E-state index in [1.165, 1.54) is 12.1 Å². The molecule has 27 heavy (non-hydrogen) atoms. The van der Waals surface area contributed by atoms with E-state index in [0.717, 1.165) is 11.4 Å². The highest BCUT2D eigenvalue weighted by Gasteiger charge is 2.12. The van der Waals surface area contributed by atoms with Gasteiger partial charge in [0, 0.05) is 18.0 Å². The van der Waals surface area contributed by atoms with Gasteiger partial charge in [0.05, 0.1) is 30.7 Å². The number of aromatic nitrogens is 3. The normalized spacial score (nSPS) is 10.5. The number of carbonyl (C=O) groups excluding carboxylic acids is 1. The van der Waals surface area contributed by atoms with Crippen molar-refractivity contribution >= 4 is 11.7 Å². The molecule has 0 bridgehead atoms. The van der Waals surface area contributed by atoms with Gasteiger partial charge in [-0.3, -0.25) is 4.98 Å². The van der Waals surface area contributed by atoms with Gasteiger partial charge >= 0.3 is 6.03 Å². The first-order valence-electron chi connectivity index (χ1n) is 8.34. The number of urea groups is 1. The minimum absolute atomic E-state index is 0.237. The zero-order valence-corrected chi connectivity index (χ0v) is 15.3. The van der Waals surface area contributed by atoms with Crippen LogP contribution in [0.25, 0.3) is 5.69 Å². The summed E-state index contributed by atoms with van der Waals surface area (Å²) in [5, 5.41) is 9.87. The standard InChI is InChI=1S/C19H20FN5O2/c1-12-10-17(27-3)18(13(2)22-12)23-19(26)21-11-15-8-9-25(24-15)16-6-4-14(20)5-7-16/h4-10H,11H2,1-3H3,(H2,21,23,26). The fraction of sp³-hybridized carbons (Fsp3) is 0.211. The Hall–Kier alpha value is -3.42. The topological polar surface area (TPSA) is 81.1 Å². The van der Waals surface area contributed by atoms with Crippen LogP contribution in [0.2, 0.25) is 0 Å². The molecule has 7 nitrogen and oxygen atoms in total. The molecule has 0 fully saturated rings. The van der Waals surface area contributed by atoms with Crippen LogP contribution in [-0.2, 0) is 6.54 Å². The molecule has 0 aliphatic heterocycles. The van der Waals surface area contributed by atoms with Crippen molar-refractivity contribution in [3.8, 4) is 11.4 Å². The van der Waals surface area contributed by atoms with E-state index < -0.39 is 6.03 Å². The highest BCUT2D eigenvalue weighted by atomic mass is 19.1. The number of carbonyl (C=O) groups is 1. The molecule has 0 saturated heterocycles. The van der Waals surface area contributed by atoms with E-state index in [-0.39, 0.29) is 12.4 Å². The van der Waals surface area contributed by atoms with E-state index in [4.69, 9.17) is 4.74 Å². The van der Waals surface area contributed by atoms with Gasteiger partial charge in [-0.1, -0.05) is 0 Å². The molecule has 0 spiro atoms. The first-order chi connectivity index (χ1) is 13.0.